The summed E-state index contributed by atoms with van der Waals surface area (Å²) in [7, 11) is 0. The van der Waals surface area contributed by atoms with Crippen LogP contribution in [0.2, 0.25) is 0 Å². The first kappa shape index (κ1) is 15.6. The summed E-state index contributed by atoms with van der Waals surface area (Å²) >= 11 is 0. The first-order valence-corrected chi connectivity index (χ1v) is 7.96. The minimum absolute atomic E-state index is 0.339. The predicted octanol–water partition coefficient (Wildman–Crippen LogP) is 2.86. The van der Waals surface area contributed by atoms with Gasteiger partial charge in [0.25, 0.3) is 0 Å². The van der Waals surface area contributed by atoms with Gasteiger partial charge in [-0.1, -0.05) is 12.1 Å². The van der Waals surface area contributed by atoms with Gasteiger partial charge in [-0.05, 0) is 56.6 Å². The third-order valence-corrected chi connectivity index (χ3v) is 4.41. The van der Waals surface area contributed by atoms with Crippen LogP contribution in [0, 0.1) is 6.92 Å². The highest BCUT2D eigenvalue weighted by Crippen LogP contribution is 2.27. The summed E-state index contributed by atoms with van der Waals surface area (Å²) in [5, 5.41) is 8.93. The molecule has 2 aromatic rings. The number of hydrogen-bond donors (Lipinski definition) is 1. The molecule has 0 spiro atoms. The topological polar surface area (TPSA) is 66.3 Å². The first-order chi connectivity index (χ1) is 11.1. The molecule has 5 nitrogen and oxygen atoms in total. The maximum Gasteiger partial charge on any atom is 0.335 e. The third-order valence-electron chi connectivity index (χ3n) is 4.41. The number of piperidine rings is 1. The molecular formula is C18H21N3O2. The number of hydrogen-bond acceptors (Lipinski definition) is 4. The third kappa shape index (κ3) is 3.93. The molecule has 2 heterocycles. The van der Waals surface area contributed by atoms with Gasteiger partial charge in [-0.25, -0.2) is 14.8 Å². The minimum Gasteiger partial charge on any atom is -0.478 e. The van der Waals surface area contributed by atoms with Crippen LogP contribution in [0.5, 0.6) is 0 Å². The van der Waals surface area contributed by atoms with E-state index in [1.54, 1.807) is 12.1 Å². The molecule has 1 fully saturated rings. The summed E-state index contributed by atoms with van der Waals surface area (Å²) in [6.45, 7) is 4.87. The molecule has 0 saturated carbocycles. The van der Waals surface area contributed by atoms with Crippen molar-refractivity contribution in [1.29, 1.82) is 0 Å². The summed E-state index contributed by atoms with van der Waals surface area (Å²) < 4.78 is 0. The lowest BCUT2D eigenvalue weighted by molar-refractivity contribution is 0.0697. The van der Waals surface area contributed by atoms with Gasteiger partial charge in [-0.3, -0.25) is 4.90 Å². The van der Waals surface area contributed by atoms with Crippen molar-refractivity contribution in [2.45, 2.75) is 32.2 Å². The Bertz CT molecular complexity index is 677. The molecule has 1 aliphatic heterocycles. The van der Waals surface area contributed by atoms with E-state index in [4.69, 9.17) is 5.11 Å². The molecule has 23 heavy (non-hydrogen) atoms. The zero-order valence-corrected chi connectivity index (χ0v) is 13.3. The largest absolute Gasteiger partial charge is 0.478 e. The SMILES string of the molecule is Cc1nccc(C2CCN(Cc3ccc(C(=O)O)cc3)CC2)n1. The van der Waals surface area contributed by atoms with Crippen LogP contribution in [0.25, 0.3) is 0 Å². The first-order valence-electron chi connectivity index (χ1n) is 7.96. The Kier molecular flexibility index (Phi) is 4.67. The highest BCUT2D eigenvalue weighted by atomic mass is 16.4. The van der Waals surface area contributed by atoms with Crippen LogP contribution in [0.4, 0.5) is 0 Å². The number of aromatic nitrogens is 2. The summed E-state index contributed by atoms with van der Waals surface area (Å²) in [6.07, 6.45) is 4.04. The number of aryl methyl sites for hydroxylation is 1. The highest BCUT2D eigenvalue weighted by molar-refractivity contribution is 5.87. The monoisotopic (exact) mass is 311 g/mol. The molecule has 0 atom stereocenters. The van der Waals surface area contributed by atoms with E-state index < -0.39 is 5.97 Å². The van der Waals surface area contributed by atoms with Crippen molar-refractivity contribution in [2.75, 3.05) is 13.1 Å². The van der Waals surface area contributed by atoms with Crippen LogP contribution in [-0.2, 0) is 6.54 Å². The molecule has 1 saturated heterocycles. The summed E-state index contributed by atoms with van der Waals surface area (Å²) in [5.74, 6) is 0.475. The van der Waals surface area contributed by atoms with Gasteiger partial charge in [-0.2, -0.15) is 0 Å². The maximum atomic E-state index is 10.9. The van der Waals surface area contributed by atoms with Gasteiger partial charge < -0.3 is 5.11 Å². The summed E-state index contributed by atoms with van der Waals surface area (Å²) in [6, 6.07) is 9.19. The fraction of sp³-hybridized carbons (Fsp3) is 0.389. The van der Waals surface area contributed by atoms with E-state index in [0.717, 1.165) is 49.6 Å². The molecule has 1 N–H and O–H groups in total. The Balaban J connectivity index is 1.55. The standard InChI is InChI=1S/C18H21N3O2/c1-13-19-9-6-17(20-13)15-7-10-21(11-8-15)12-14-2-4-16(5-3-14)18(22)23/h2-6,9,15H,7-8,10-12H2,1H3,(H,22,23). The van der Waals surface area contributed by atoms with Gasteiger partial charge in [0.2, 0.25) is 0 Å². The van der Waals surface area contributed by atoms with E-state index in [1.165, 1.54) is 0 Å². The Labute approximate surface area is 136 Å². The van der Waals surface area contributed by atoms with E-state index >= 15 is 0 Å². The Hall–Kier alpha value is -2.27. The van der Waals surface area contributed by atoms with Crippen molar-refractivity contribution in [3.8, 4) is 0 Å². The van der Waals surface area contributed by atoms with Crippen LogP contribution in [0.3, 0.4) is 0 Å². The van der Waals surface area contributed by atoms with E-state index in [0.29, 0.717) is 11.5 Å². The van der Waals surface area contributed by atoms with Gasteiger partial charge in [0.15, 0.2) is 0 Å². The second-order valence-corrected chi connectivity index (χ2v) is 6.08. The summed E-state index contributed by atoms with van der Waals surface area (Å²) in [4.78, 5) is 22.0. The van der Waals surface area contributed by atoms with E-state index in [2.05, 4.69) is 14.9 Å². The molecule has 0 amide bonds. The fourth-order valence-electron chi connectivity index (χ4n) is 3.10. The molecular weight excluding hydrogens is 290 g/mol. The number of aromatic carboxylic acids is 1. The van der Waals surface area contributed by atoms with Gasteiger partial charge in [0, 0.05) is 24.4 Å². The number of rotatable bonds is 4. The predicted molar refractivity (Wildman–Crippen MR) is 87.4 cm³/mol. The van der Waals surface area contributed by atoms with Crippen molar-refractivity contribution in [3.63, 3.8) is 0 Å². The number of nitrogens with zero attached hydrogens (tertiary/aromatic N) is 3. The average Bonchev–Trinajstić information content (AvgIpc) is 2.56. The summed E-state index contributed by atoms with van der Waals surface area (Å²) in [5.41, 5.74) is 2.65. The van der Waals surface area contributed by atoms with Crippen LogP contribution >= 0.6 is 0 Å². The number of carboxylic acids is 1. The van der Waals surface area contributed by atoms with Crippen molar-refractivity contribution >= 4 is 5.97 Å². The molecule has 1 aromatic carbocycles. The number of benzene rings is 1. The number of carboxylic acid groups (broad SMARTS) is 1. The molecule has 0 radical (unpaired) electrons. The Morgan fingerprint density at radius 1 is 1.22 bits per heavy atom. The van der Waals surface area contributed by atoms with Gasteiger partial charge in [-0.15, -0.1) is 0 Å². The van der Waals surface area contributed by atoms with E-state index in [1.807, 2.05) is 31.3 Å². The lowest BCUT2D eigenvalue weighted by atomic mass is 9.93. The van der Waals surface area contributed by atoms with Crippen molar-refractivity contribution in [1.82, 2.24) is 14.9 Å². The fourth-order valence-corrected chi connectivity index (χ4v) is 3.10. The lowest BCUT2D eigenvalue weighted by Gasteiger charge is -2.31. The molecule has 120 valence electrons. The Morgan fingerprint density at radius 2 is 1.91 bits per heavy atom. The van der Waals surface area contributed by atoms with Gasteiger partial charge >= 0.3 is 5.97 Å². The molecule has 1 aromatic heterocycles. The smallest absolute Gasteiger partial charge is 0.335 e. The van der Waals surface area contributed by atoms with Crippen LogP contribution in [0.15, 0.2) is 36.5 Å². The molecule has 1 aliphatic rings. The number of likely N-dealkylation sites (tertiary alicyclic amines) is 1. The quantitative estimate of drug-likeness (QED) is 0.940. The molecule has 3 rings (SSSR count). The number of carbonyl (C=O) groups is 1. The minimum atomic E-state index is -0.877. The van der Waals surface area contributed by atoms with Crippen molar-refractivity contribution in [2.24, 2.45) is 0 Å². The normalized spacial score (nSPS) is 16.4. The molecule has 0 aliphatic carbocycles. The zero-order chi connectivity index (χ0) is 16.2. The molecule has 5 heteroatoms. The van der Waals surface area contributed by atoms with Crippen LogP contribution in [0.1, 0.15) is 46.2 Å². The molecule has 0 unspecified atom stereocenters. The lowest BCUT2D eigenvalue weighted by Crippen LogP contribution is -2.32. The van der Waals surface area contributed by atoms with Gasteiger partial charge in [0.05, 0.1) is 5.56 Å². The second kappa shape index (κ2) is 6.87. The Morgan fingerprint density at radius 3 is 2.52 bits per heavy atom. The van der Waals surface area contributed by atoms with Crippen LogP contribution < -0.4 is 0 Å². The van der Waals surface area contributed by atoms with Crippen LogP contribution in [-0.4, -0.2) is 39.0 Å². The second-order valence-electron chi connectivity index (χ2n) is 6.08. The highest BCUT2D eigenvalue weighted by Gasteiger charge is 2.21. The van der Waals surface area contributed by atoms with Crippen molar-refractivity contribution in [3.05, 3.63) is 59.2 Å². The molecule has 0 bridgehead atoms. The van der Waals surface area contributed by atoms with Gasteiger partial charge in [0.1, 0.15) is 5.82 Å². The zero-order valence-electron chi connectivity index (χ0n) is 13.3. The average molecular weight is 311 g/mol. The maximum absolute atomic E-state index is 10.9. The van der Waals surface area contributed by atoms with Crippen molar-refractivity contribution < 1.29 is 9.90 Å². The van der Waals surface area contributed by atoms with E-state index in [-0.39, 0.29) is 0 Å². The van der Waals surface area contributed by atoms with E-state index in [9.17, 15) is 4.79 Å².